The molecule has 1 aromatic heterocycles. The van der Waals surface area contributed by atoms with Gasteiger partial charge in [-0.05, 0) is 29.8 Å². The third-order valence-corrected chi connectivity index (χ3v) is 8.18. The van der Waals surface area contributed by atoms with Crippen molar-refractivity contribution in [3.63, 3.8) is 0 Å². The molecule has 188 valence electrons. The van der Waals surface area contributed by atoms with Crippen molar-refractivity contribution in [2.75, 3.05) is 39.4 Å². The molecule has 2 amide bonds. The van der Waals surface area contributed by atoms with Crippen LogP contribution in [-0.4, -0.2) is 80.7 Å². The number of sulfone groups is 1. The highest BCUT2D eigenvalue weighted by atomic mass is 32.2. The van der Waals surface area contributed by atoms with E-state index >= 15 is 0 Å². The number of carbonyl (C=O) groups excluding carboxylic acids is 2. The topological polar surface area (TPSA) is 106 Å². The molecule has 3 aromatic rings. The first-order valence-electron chi connectivity index (χ1n) is 11.9. The molecule has 0 N–H and O–H groups in total. The van der Waals surface area contributed by atoms with Crippen LogP contribution in [0.3, 0.4) is 0 Å². The van der Waals surface area contributed by atoms with Crippen LogP contribution in [0.25, 0.3) is 10.9 Å². The molecule has 2 fully saturated rings. The molecule has 0 saturated carbocycles. The van der Waals surface area contributed by atoms with E-state index in [1.807, 2.05) is 12.1 Å². The molecule has 3 heterocycles. The van der Waals surface area contributed by atoms with Gasteiger partial charge < -0.3 is 19.3 Å². The fraction of sp³-hybridized carbons (Fsp3) is 0.346. The Morgan fingerprint density at radius 2 is 1.69 bits per heavy atom. The molecule has 0 spiro atoms. The molecule has 1 atom stereocenters. The number of benzene rings is 2. The number of carbonyl (C=O) groups is 2. The number of rotatable bonds is 5. The zero-order valence-electron chi connectivity index (χ0n) is 19.7. The highest BCUT2D eigenvalue weighted by Gasteiger charge is 2.28. The molecule has 2 aliphatic rings. The standard InChI is InChI=1S/C26H27N3O6S/c30-25(28-12-14-29(15-13-28)26(31)35-22-10-16-34-17-22)21-8-6-19(7-9-21)18-36(32,33)23-5-1-3-20-4-2-11-27-24(20)23/h1-9,11,22H,10,12-18H2. The summed E-state index contributed by atoms with van der Waals surface area (Å²) in [5.74, 6) is -0.343. The van der Waals surface area contributed by atoms with E-state index in [2.05, 4.69) is 4.98 Å². The summed E-state index contributed by atoms with van der Waals surface area (Å²) in [7, 11) is -3.63. The van der Waals surface area contributed by atoms with Crippen LogP contribution in [0, 0.1) is 0 Å². The average Bonchev–Trinajstić information content (AvgIpc) is 3.41. The van der Waals surface area contributed by atoms with Gasteiger partial charge in [0, 0.05) is 49.7 Å². The molecule has 2 aliphatic heterocycles. The van der Waals surface area contributed by atoms with E-state index in [1.165, 1.54) is 0 Å². The molecule has 0 bridgehead atoms. The van der Waals surface area contributed by atoms with Crippen LogP contribution in [0.5, 0.6) is 0 Å². The highest BCUT2D eigenvalue weighted by molar-refractivity contribution is 7.90. The number of hydrogen-bond donors (Lipinski definition) is 0. The molecular weight excluding hydrogens is 482 g/mol. The first-order chi connectivity index (χ1) is 17.4. The van der Waals surface area contributed by atoms with Gasteiger partial charge >= 0.3 is 6.09 Å². The van der Waals surface area contributed by atoms with E-state index < -0.39 is 9.84 Å². The van der Waals surface area contributed by atoms with Gasteiger partial charge in [-0.15, -0.1) is 0 Å². The molecule has 9 nitrogen and oxygen atoms in total. The van der Waals surface area contributed by atoms with Crippen LogP contribution in [0.2, 0.25) is 0 Å². The first kappa shape index (κ1) is 24.2. The van der Waals surface area contributed by atoms with Gasteiger partial charge in [-0.3, -0.25) is 9.78 Å². The Morgan fingerprint density at radius 1 is 0.972 bits per heavy atom. The summed E-state index contributed by atoms with van der Waals surface area (Å²) < 4.78 is 36.9. The van der Waals surface area contributed by atoms with E-state index in [0.717, 1.165) is 5.39 Å². The molecule has 1 unspecified atom stereocenters. The number of amides is 2. The number of ether oxygens (including phenoxy) is 2. The molecule has 2 aromatic carbocycles. The fourth-order valence-electron chi connectivity index (χ4n) is 4.47. The van der Waals surface area contributed by atoms with Gasteiger partial charge in [-0.1, -0.05) is 30.3 Å². The minimum absolute atomic E-state index is 0.153. The van der Waals surface area contributed by atoms with Crippen LogP contribution in [-0.2, 0) is 25.1 Å². The Balaban J connectivity index is 1.20. The van der Waals surface area contributed by atoms with Crippen molar-refractivity contribution in [1.29, 1.82) is 0 Å². The largest absolute Gasteiger partial charge is 0.444 e. The lowest BCUT2D eigenvalue weighted by Gasteiger charge is -2.34. The van der Waals surface area contributed by atoms with Crippen molar-refractivity contribution in [1.82, 2.24) is 14.8 Å². The normalized spacial score (nSPS) is 18.4. The minimum atomic E-state index is -3.63. The first-order valence-corrected chi connectivity index (χ1v) is 13.5. The van der Waals surface area contributed by atoms with Crippen molar-refractivity contribution >= 4 is 32.7 Å². The van der Waals surface area contributed by atoms with E-state index in [1.54, 1.807) is 58.5 Å². The SMILES string of the molecule is O=C(OC1CCOC1)N1CCN(C(=O)c2ccc(CS(=O)(=O)c3cccc4cccnc34)cc2)CC1. The summed E-state index contributed by atoms with van der Waals surface area (Å²) in [6.45, 7) is 2.63. The zero-order valence-corrected chi connectivity index (χ0v) is 20.5. The van der Waals surface area contributed by atoms with Crippen LogP contribution in [0.15, 0.2) is 65.7 Å². The quantitative estimate of drug-likeness (QED) is 0.521. The molecular formula is C26H27N3O6S. The molecule has 36 heavy (non-hydrogen) atoms. The molecule has 0 radical (unpaired) electrons. The lowest BCUT2D eigenvalue weighted by atomic mass is 10.1. The molecule has 5 rings (SSSR count). The second-order valence-corrected chi connectivity index (χ2v) is 10.9. The van der Waals surface area contributed by atoms with E-state index in [4.69, 9.17) is 9.47 Å². The van der Waals surface area contributed by atoms with Gasteiger partial charge in [0.2, 0.25) is 0 Å². The van der Waals surface area contributed by atoms with Crippen molar-refractivity contribution in [3.8, 4) is 0 Å². The predicted octanol–water partition coefficient (Wildman–Crippen LogP) is 2.89. The van der Waals surface area contributed by atoms with Gasteiger partial charge in [0.05, 0.1) is 29.4 Å². The average molecular weight is 510 g/mol. The lowest BCUT2D eigenvalue weighted by molar-refractivity contribution is 0.0370. The van der Waals surface area contributed by atoms with Crippen molar-refractivity contribution in [2.45, 2.75) is 23.2 Å². The number of hydrogen-bond acceptors (Lipinski definition) is 7. The monoisotopic (exact) mass is 509 g/mol. The second-order valence-electron chi connectivity index (χ2n) is 8.94. The van der Waals surface area contributed by atoms with Gasteiger partial charge in [0.25, 0.3) is 5.91 Å². The summed E-state index contributed by atoms with van der Waals surface area (Å²) in [6, 6.07) is 15.3. The molecule has 10 heteroatoms. The summed E-state index contributed by atoms with van der Waals surface area (Å²) in [5.41, 5.74) is 1.51. The second kappa shape index (κ2) is 10.2. The number of para-hydroxylation sites is 1. The van der Waals surface area contributed by atoms with Crippen LogP contribution >= 0.6 is 0 Å². The molecule has 0 aliphatic carbocycles. The predicted molar refractivity (Wildman–Crippen MR) is 132 cm³/mol. The summed E-state index contributed by atoms with van der Waals surface area (Å²) >= 11 is 0. The summed E-state index contributed by atoms with van der Waals surface area (Å²) in [6.07, 6.45) is 1.72. The Bertz CT molecular complexity index is 1360. The van der Waals surface area contributed by atoms with Crippen molar-refractivity contribution < 1.29 is 27.5 Å². The Labute approximate surface area is 209 Å². The third kappa shape index (κ3) is 5.19. The van der Waals surface area contributed by atoms with Crippen molar-refractivity contribution in [3.05, 3.63) is 71.9 Å². The third-order valence-electron chi connectivity index (χ3n) is 6.47. The minimum Gasteiger partial charge on any atom is -0.444 e. The summed E-state index contributed by atoms with van der Waals surface area (Å²) in [5, 5.41) is 0.764. The lowest BCUT2D eigenvalue weighted by Crippen LogP contribution is -2.51. The van der Waals surface area contributed by atoms with Gasteiger partial charge in [0.15, 0.2) is 9.84 Å². The fourth-order valence-corrected chi connectivity index (χ4v) is 6.00. The van der Waals surface area contributed by atoms with Gasteiger partial charge in [-0.2, -0.15) is 0 Å². The van der Waals surface area contributed by atoms with E-state index in [0.29, 0.717) is 62.5 Å². The maximum Gasteiger partial charge on any atom is 0.410 e. The number of aromatic nitrogens is 1. The highest BCUT2D eigenvalue weighted by Crippen LogP contribution is 2.24. The van der Waals surface area contributed by atoms with E-state index in [-0.39, 0.29) is 28.8 Å². The summed E-state index contributed by atoms with van der Waals surface area (Å²) in [4.78, 5) is 33.0. The number of nitrogens with zero attached hydrogens (tertiary/aromatic N) is 3. The number of fused-ring (bicyclic) bond motifs is 1. The Hall–Kier alpha value is -3.50. The van der Waals surface area contributed by atoms with E-state index in [9.17, 15) is 18.0 Å². The Morgan fingerprint density at radius 3 is 2.42 bits per heavy atom. The maximum absolute atomic E-state index is 13.1. The molecule has 2 saturated heterocycles. The van der Waals surface area contributed by atoms with Crippen LogP contribution in [0.4, 0.5) is 4.79 Å². The maximum atomic E-state index is 13.1. The van der Waals surface area contributed by atoms with Gasteiger partial charge in [0.1, 0.15) is 6.10 Å². The number of piperazine rings is 1. The van der Waals surface area contributed by atoms with Crippen molar-refractivity contribution in [2.24, 2.45) is 0 Å². The van der Waals surface area contributed by atoms with Crippen LogP contribution < -0.4 is 0 Å². The zero-order chi connectivity index (χ0) is 25.1. The smallest absolute Gasteiger partial charge is 0.410 e. The van der Waals surface area contributed by atoms with Gasteiger partial charge in [-0.25, -0.2) is 13.2 Å². The van der Waals surface area contributed by atoms with Crippen LogP contribution in [0.1, 0.15) is 22.3 Å². The number of pyridine rings is 1. The Kier molecular flexibility index (Phi) is 6.88.